The Balaban J connectivity index is 1.53. The van der Waals surface area contributed by atoms with Crippen LogP contribution in [0.4, 0.5) is 0 Å². The Labute approximate surface area is 91.4 Å². The molecule has 5 atom stereocenters. The van der Waals surface area contributed by atoms with Crippen LogP contribution in [0.25, 0.3) is 0 Å². The SMILES string of the molecule is C[C@@H](C[C@H]1[C@@H]2CCC[C@@H]21)C(=O)[C@@]1(C)CO1. The quantitative estimate of drug-likeness (QED) is 0.664. The largest absolute Gasteiger partial charge is 0.362 e. The van der Waals surface area contributed by atoms with Crippen molar-refractivity contribution in [2.75, 3.05) is 6.61 Å². The fourth-order valence-corrected chi connectivity index (χ4v) is 3.61. The summed E-state index contributed by atoms with van der Waals surface area (Å²) >= 11 is 0. The highest BCUT2D eigenvalue weighted by atomic mass is 16.6. The molecule has 0 amide bonds. The monoisotopic (exact) mass is 208 g/mol. The second kappa shape index (κ2) is 3.07. The van der Waals surface area contributed by atoms with E-state index in [0.717, 1.165) is 24.2 Å². The van der Waals surface area contributed by atoms with Crippen molar-refractivity contribution in [1.82, 2.24) is 0 Å². The van der Waals surface area contributed by atoms with E-state index in [2.05, 4.69) is 6.92 Å². The summed E-state index contributed by atoms with van der Waals surface area (Å²) in [5, 5.41) is 0. The van der Waals surface area contributed by atoms with E-state index in [1.807, 2.05) is 6.92 Å². The number of ether oxygens (including phenoxy) is 1. The van der Waals surface area contributed by atoms with Crippen LogP contribution in [0.1, 0.15) is 39.5 Å². The fraction of sp³-hybridized carbons (Fsp3) is 0.923. The molecule has 0 spiro atoms. The zero-order valence-electron chi connectivity index (χ0n) is 9.66. The Morgan fingerprint density at radius 2 is 2.07 bits per heavy atom. The van der Waals surface area contributed by atoms with Crippen LogP contribution in [0, 0.1) is 23.7 Å². The first kappa shape index (κ1) is 9.83. The van der Waals surface area contributed by atoms with E-state index < -0.39 is 5.60 Å². The van der Waals surface area contributed by atoms with Gasteiger partial charge in [0.05, 0.1) is 6.61 Å². The Hall–Kier alpha value is -0.370. The van der Waals surface area contributed by atoms with Gasteiger partial charge in [-0.3, -0.25) is 4.79 Å². The Bertz CT molecular complexity index is 283. The molecule has 1 saturated heterocycles. The lowest BCUT2D eigenvalue weighted by Crippen LogP contribution is -2.27. The number of carbonyl (C=O) groups excluding carboxylic acids is 1. The van der Waals surface area contributed by atoms with Gasteiger partial charge in [0, 0.05) is 5.92 Å². The number of epoxide rings is 1. The minimum Gasteiger partial charge on any atom is -0.362 e. The summed E-state index contributed by atoms with van der Waals surface area (Å²) in [6.07, 6.45) is 5.39. The van der Waals surface area contributed by atoms with Gasteiger partial charge in [0.1, 0.15) is 5.60 Å². The molecule has 0 radical (unpaired) electrons. The summed E-state index contributed by atoms with van der Waals surface area (Å²) in [6.45, 7) is 4.66. The fourth-order valence-electron chi connectivity index (χ4n) is 3.61. The van der Waals surface area contributed by atoms with Crippen molar-refractivity contribution in [1.29, 1.82) is 0 Å². The van der Waals surface area contributed by atoms with Gasteiger partial charge in [-0.15, -0.1) is 0 Å². The van der Waals surface area contributed by atoms with Crippen LogP contribution in [0.15, 0.2) is 0 Å². The first-order chi connectivity index (χ1) is 7.12. The van der Waals surface area contributed by atoms with E-state index in [1.54, 1.807) is 0 Å². The second-order valence-electron chi connectivity index (χ2n) is 5.94. The molecular weight excluding hydrogens is 188 g/mol. The number of rotatable bonds is 4. The summed E-state index contributed by atoms with van der Waals surface area (Å²) in [4.78, 5) is 12.0. The number of hydrogen-bond donors (Lipinski definition) is 0. The minimum absolute atomic E-state index is 0.216. The van der Waals surface area contributed by atoms with Crippen LogP contribution in [-0.4, -0.2) is 18.0 Å². The first-order valence-electron chi connectivity index (χ1n) is 6.30. The lowest BCUT2D eigenvalue weighted by atomic mass is 9.90. The van der Waals surface area contributed by atoms with Gasteiger partial charge in [-0.1, -0.05) is 13.3 Å². The van der Waals surface area contributed by atoms with E-state index in [1.165, 1.54) is 19.3 Å². The maximum Gasteiger partial charge on any atom is 0.169 e. The number of Topliss-reactive ketones (excluding diaryl/α,β-unsaturated/α-hetero) is 1. The van der Waals surface area contributed by atoms with Crippen LogP contribution >= 0.6 is 0 Å². The second-order valence-corrected chi connectivity index (χ2v) is 5.94. The zero-order chi connectivity index (χ0) is 10.6. The third kappa shape index (κ3) is 1.54. The van der Waals surface area contributed by atoms with Crippen LogP contribution in [0.2, 0.25) is 0 Å². The molecule has 3 aliphatic rings. The summed E-state index contributed by atoms with van der Waals surface area (Å²) < 4.78 is 5.23. The Morgan fingerprint density at radius 1 is 1.47 bits per heavy atom. The average Bonchev–Trinajstić information content (AvgIpc) is 3.05. The normalized spacial score (nSPS) is 48.5. The highest BCUT2D eigenvalue weighted by molar-refractivity contribution is 5.91. The summed E-state index contributed by atoms with van der Waals surface area (Å²) in [6, 6.07) is 0. The molecule has 3 rings (SSSR count). The summed E-state index contributed by atoms with van der Waals surface area (Å²) in [5.41, 5.74) is -0.399. The van der Waals surface area contributed by atoms with E-state index in [9.17, 15) is 4.79 Å². The number of hydrogen-bond acceptors (Lipinski definition) is 2. The van der Waals surface area contributed by atoms with Gasteiger partial charge in [0.25, 0.3) is 0 Å². The molecule has 0 N–H and O–H groups in total. The molecule has 15 heavy (non-hydrogen) atoms. The molecule has 0 unspecified atom stereocenters. The number of carbonyl (C=O) groups is 1. The molecule has 2 aliphatic carbocycles. The molecule has 0 aromatic heterocycles. The maximum absolute atomic E-state index is 12.0. The predicted octanol–water partition coefficient (Wildman–Crippen LogP) is 2.42. The lowest BCUT2D eigenvalue weighted by molar-refractivity contribution is -0.127. The van der Waals surface area contributed by atoms with Crippen LogP contribution in [0.3, 0.4) is 0 Å². The smallest absolute Gasteiger partial charge is 0.169 e. The van der Waals surface area contributed by atoms with Gasteiger partial charge in [-0.25, -0.2) is 0 Å². The molecule has 0 aromatic carbocycles. The third-order valence-corrected chi connectivity index (χ3v) is 4.76. The molecule has 2 heteroatoms. The van der Waals surface area contributed by atoms with E-state index in [-0.39, 0.29) is 5.92 Å². The van der Waals surface area contributed by atoms with Gasteiger partial charge >= 0.3 is 0 Å². The Morgan fingerprint density at radius 3 is 2.60 bits per heavy atom. The van der Waals surface area contributed by atoms with Gasteiger partial charge in [0.2, 0.25) is 0 Å². The lowest BCUT2D eigenvalue weighted by Gasteiger charge is -2.13. The topological polar surface area (TPSA) is 29.6 Å². The Kier molecular flexibility index (Phi) is 2.01. The van der Waals surface area contributed by atoms with Crippen molar-refractivity contribution in [2.24, 2.45) is 23.7 Å². The van der Waals surface area contributed by atoms with Crippen molar-refractivity contribution in [3.8, 4) is 0 Å². The predicted molar refractivity (Wildman–Crippen MR) is 57.5 cm³/mol. The van der Waals surface area contributed by atoms with E-state index in [0.29, 0.717) is 12.4 Å². The maximum atomic E-state index is 12.0. The molecule has 2 saturated carbocycles. The van der Waals surface area contributed by atoms with Gasteiger partial charge < -0.3 is 4.74 Å². The molecule has 2 nitrogen and oxygen atoms in total. The molecule has 1 heterocycles. The van der Waals surface area contributed by atoms with Crippen LogP contribution < -0.4 is 0 Å². The van der Waals surface area contributed by atoms with Crippen molar-refractivity contribution >= 4 is 5.78 Å². The van der Waals surface area contributed by atoms with Crippen molar-refractivity contribution in [3.05, 3.63) is 0 Å². The molecular formula is C13H20O2. The van der Waals surface area contributed by atoms with Gasteiger partial charge in [-0.2, -0.15) is 0 Å². The third-order valence-electron chi connectivity index (χ3n) is 4.76. The van der Waals surface area contributed by atoms with Gasteiger partial charge in [0.15, 0.2) is 5.78 Å². The number of fused-ring (bicyclic) bond motifs is 1. The summed E-state index contributed by atoms with van der Waals surface area (Å²) in [7, 11) is 0. The molecule has 0 aromatic rings. The number of ketones is 1. The highest BCUT2D eigenvalue weighted by Gasteiger charge is 2.55. The van der Waals surface area contributed by atoms with E-state index in [4.69, 9.17) is 4.74 Å². The molecule has 0 bridgehead atoms. The standard InChI is InChI=1S/C13H20O2/c1-8(12(14)13(2)7-15-13)6-11-9-4-3-5-10(9)11/h8-11H,3-7H2,1-2H3/t8-,9-,10+,11+,13+/m0/s1. The highest BCUT2D eigenvalue weighted by Crippen LogP contribution is 2.60. The zero-order valence-corrected chi connectivity index (χ0v) is 9.66. The average molecular weight is 208 g/mol. The van der Waals surface area contributed by atoms with Crippen molar-refractivity contribution in [2.45, 2.75) is 45.1 Å². The molecule has 3 fully saturated rings. The van der Waals surface area contributed by atoms with Crippen LogP contribution in [-0.2, 0) is 9.53 Å². The van der Waals surface area contributed by atoms with Crippen LogP contribution in [0.5, 0.6) is 0 Å². The van der Waals surface area contributed by atoms with Gasteiger partial charge in [-0.05, 0) is 43.9 Å². The minimum atomic E-state index is -0.399. The van der Waals surface area contributed by atoms with Crippen molar-refractivity contribution < 1.29 is 9.53 Å². The summed E-state index contributed by atoms with van der Waals surface area (Å²) in [5.74, 6) is 3.39. The van der Waals surface area contributed by atoms with E-state index >= 15 is 0 Å². The first-order valence-corrected chi connectivity index (χ1v) is 6.30. The molecule has 1 aliphatic heterocycles. The van der Waals surface area contributed by atoms with Crippen molar-refractivity contribution in [3.63, 3.8) is 0 Å². The molecule has 84 valence electrons.